The fourth-order valence-electron chi connectivity index (χ4n) is 1.43. The Labute approximate surface area is 107 Å². The largest absolute Gasteiger partial charge is 0.444 e. The predicted molar refractivity (Wildman–Crippen MR) is 69.6 cm³/mol. The van der Waals surface area contributed by atoms with E-state index in [1.165, 1.54) is 0 Å². The first kappa shape index (κ1) is 14.2. The smallest absolute Gasteiger partial charge is 0.408 e. The number of rotatable bonds is 3. The average molecular weight is 249 g/mol. The molecule has 1 aromatic rings. The van der Waals surface area contributed by atoms with Gasteiger partial charge in [-0.25, -0.2) is 4.79 Å². The Kier molecular flexibility index (Phi) is 4.48. The van der Waals surface area contributed by atoms with E-state index < -0.39 is 11.7 Å². The van der Waals surface area contributed by atoms with E-state index in [1.807, 2.05) is 39.8 Å². The Morgan fingerprint density at radius 2 is 1.83 bits per heavy atom. The maximum absolute atomic E-state index is 11.6. The molecule has 1 N–H and O–H groups in total. The molecule has 1 unspecified atom stereocenters. The SMILES string of the molecule is CC(NC(=O)OC(C)(C)C)c1ccc(C=O)cc1. The summed E-state index contributed by atoms with van der Waals surface area (Å²) in [5.74, 6) is 0. The minimum atomic E-state index is -0.509. The van der Waals surface area contributed by atoms with E-state index >= 15 is 0 Å². The molecule has 0 aromatic heterocycles. The molecule has 0 bridgehead atoms. The molecule has 0 aliphatic heterocycles. The summed E-state index contributed by atoms with van der Waals surface area (Å²) in [5.41, 5.74) is 1.03. The number of nitrogens with one attached hydrogen (secondary N) is 1. The normalized spacial score (nSPS) is 12.7. The van der Waals surface area contributed by atoms with Gasteiger partial charge in [0.05, 0.1) is 6.04 Å². The molecular weight excluding hydrogens is 230 g/mol. The fourth-order valence-corrected chi connectivity index (χ4v) is 1.43. The summed E-state index contributed by atoms with van der Waals surface area (Å²) in [7, 11) is 0. The van der Waals surface area contributed by atoms with E-state index in [0.29, 0.717) is 5.56 Å². The molecule has 1 amide bonds. The summed E-state index contributed by atoms with van der Waals surface area (Å²) in [6.45, 7) is 7.31. The topological polar surface area (TPSA) is 55.4 Å². The van der Waals surface area contributed by atoms with Gasteiger partial charge < -0.3 is 10.1 Å². The zero-order chi connectivity index (χ0) is 13.8. The van der Waals surface area contributed by atoms with Crippen LogP contribution >= 0.6 is 0 Å². The van der Waals surface area contributed by atoms with Gasteiger partial charge in [0.2, 0.25) is 0 Å². The van der Waals surface area contributed by atoms with Crippen molar-refractivity contribution in [1.82, 2.24) is 5.32 Å². The van der Waals surface area contributed by atoms with Crippen LogP contribution in [0.1, 0.15) is 49.7 Å². The Morgan fingerprint density at radius 3 is 2.28 bits per heavy atom. The number of amides is 1. The van der Waals surface area contributed by atoms with E-state index in [-0.39, 0.29) is 6.04 Å². The Bertz CT molecular complexity index is 418. The van der Waals surface area contributed by atoms with Crippen molar-refractivity contribution in [3.63, 3.8) is 0 Å². The first-order valence-electron chi connectivity index (χ1n) is 5.86. The van der Waals surface area contributed by atoms with Crippen LogP contribution in [-0.4, -0.2) is 18.0 Å². The number of ether oxygens (including phenoxy) is 1. The maximum Gasteiger partial charge on any atom is 0.408 e. The van der Waals surface area contributed by atoms with Gasteiger partial charge in [0, 0.05) is 5.56 Å². The van der Waals surface area contributed by atoms with Crippen LogP contribution in [0, 0.1) is 0 Å². The molecule has 98 valence electrons. The van der Waals surface area contributed by atoms with Crippen molar-refractivity contribution in [3.05, 3.63) is 35.4 Å². The fraction of sp³-hybridized carbons (Fsp3) is 0.429. The highest BCUT2D eigenvalue weighted by molar-refractivity contribution is 5.74. The summed E-state index contributed by atoms with van der Waals surface area (Å²) in [4.78, 5) is 22.1. The van der Waals surface area contributed by atoms with E-state index in [2.05, 4.69) is 5.32 Å². The lowest BCUT2D eigenvalue weighted by atomic mass is 10.1. The minimum absolute atomic E-state index is 0.166. The molecule has 1 aromatic carbocycles. The lowest BCUT2D eigenvalue weighted by Gasteiger charge is -2.22. The quantitative estimate of drug-likeness (QED) is 0.837. The van der Waals surface area contributed by atoms with Gasteiger partial charge in [-0.1, -0.05) is 24.3 Å². The highest BCUT2D eigenvalue weighted by Gasteiger charge is 2.18. The Morgan fingerprint density at radius 1 is 1.28 bits per heavy atom. The summed E-state index contributed by atoms with van der Waals surface area (Å²) in [5, 5.41) is 2.74. The van der Waals surface area contributed by atoms with Crippen LogP contribution in [-0.2, 0) is 4.74 Å². The van der Waals surface area contributed by atoms with E-state index in [0.717, 1.165) is 11.8 Å². The first-order chi connectivity index (χ1) is 8.31. The minimum Gasteiger partial charge on any atom is -0.444 e. The van der Waals surface area contributed by atoms with Crippen molar-refractivity contribution in [2.45, 2.75) is 39.3 Å². The standard InChI is InChI=1S/C14H19NO3/c1-10(15-13(17)18-14(2,3)4)12-7-5-11(9-16)6-8-12/h5-10H,1-4H3,(H,15,17). The molecule has 0 aliphatic carbocycles. The van der Waals surface area contributed by atoms with Gasteiger partial charge >= 0.3 is 6.09 Å². The third-order valence-corrected chi connectivity index (χ3v) is 2.31. The lowest BCUT2D eigenvalue weighted by molar-refractivity contribution is 0.0508. The molecular formula is C14H19NO3. The number of benzene rings is 1. The van der Waals surface area contributed by atoms with Crippen LogP contribution in [0.2, 0.25) is 0 Å². The third kappa shape index (κ3) is 4.57. The maximum atomic E-state index is 11.6. The van der Waals surface area contributed by atoms with Crippen LogP contribution in [0.25, 0.3) is 0 Å². The zero-order valence-electron chi connectivity index (χ0n) is 11.2. The van der Waals surface area contributed by atoms with Crippen molar-refractivity contribution >= 4 is 12.4 Å². The van der Waals surface area contributed by atoms with Gasteiger partial charge in [0.15, 0.2) is 0 Å². The molecule has 4 nitrogen and oxygen atoms in total. The molecule has 1 rings (SSSR count). The van der Waals surface area contributed by atoms with E-state index in [9.17, 15) is 9.59 Å². The van der Waals surface area contributed by atoms with Gasteiger partial charge in [0.1, 0.15) is 11.9 Å². The monoisotopic (exact) mass is 249 g/mol. The molecule has 0 aliphatic rings. The second-order valence-electron chi connectivity index (χ2n) is 5.15. The summed E-state index contributed by atoms with van der Waals surface area (Å²) in [6.07, 6.45) is 0.338. The molecule has 0 spiro atoms. The lowest BCUT2D eigenvalue weighted by Crippen LogP contribution is -2.34. The van der Waals surface area contributed by atoms with E-state index in [1.54, 1.807) is 12.1 Å². The van der Waals surface area contributed by atoms with Gasteiger partial charge in [-0.15, -0.1) is 0 Å². The summed E-state index contributed by atoms with van der Waals surface area (Å²) < 4.78 is 5.17. The van der Waals surface area contributed by atoms with Crippen molar-refractivity contribution in [2.75, 3.05) is 0 Å². The van der Waals surface area contributed by atoms with Crippen LogP contribution in [0.4, 0.5) is 4.79 Å². The number of carbonyl (C=O) groups is 2. The highest BCUT2D eigenvalue weighted by atomic mass is 16.6. The van der Waals surface area contributed by atoms with Crippen molar-refractivity contribution in [3.8, 4) is 0 Å². The number of aldehydes is 1. The zero-order valence-corrected chi connectivity index (χ0v) is 11.2. The molecule has 4 heteroatoms. The number of alkyl carbamates (subject to hydrolysis) is 1. The van der Waals surface area contributed by atoms with Gasteiger partial charge in [-0.05, 0) is 33.3 Å². The third-order valence-electron chi connectivity index (χ3n) is 2.31. The van der Waals surface area contributed by atoms with Gasteiger partial charge in [-0.2, -0.15) is 0 Å². The molecule has 0 heterocycles. The van der Waals surface area contributed by atoms with E-state index in [4.69, 9.17) is 4.74 Å². The Hall–Kier alpha value is -1.84. The van der Waals surface area contributed by atoms with Crippen LogP contribution < -0.4 is 5.32 Å². The van der Waals surface area contributed by atoms with Crippen LogP contribution in [0.5, 0.6) is 0 Å². The first-order valence-corrected chi connectivity index (χ1v) is 5.86. The molecule has 1 atom stereocenters. The molecule has 0 saturated heterocycles. The van der Waals surface area contributed by atoms with Crippen molar-refractivity contribution in [2.24, 2.45) is 0 Å². The second kappa shape index (κ2) is 5.67. The Balaban J connectivity index is 2.61. The van der Waals surface area contributed by atoms with Crippen molar-refractivity contribution < 1.29 is 14.3 Å². The summed E-state index contributed by atoms with van der Waals surface area (Å²) in [6, 6.07) is 6.89. The molecule has 0 radical (unpaired) electrons. The number of hydrogen-bond donors (Lipinski definition) is 1. The molecule has 0 saturated carbocycles. The number of hydrogen-bond acceptors (Lipinski definition) is 3. The molecule has 18 heavy (non-hydrogen) atoms. The second-order valence-corrected chi connectivity index (χ2v) is 5.15. The van der Waals surface area contributed by atoms with Gasteiger partial charge in [-0.3, -0.25) is 4.79 Å². The summed E-state index contributed by atoms with van der Waals surface area (Å²) >= 11 is 0. The van der Waals surface area contributed by atoms with Crippen LogP contribution in [0.3, 0.4) is 0 Å². The van der Waals surface area contributed by atoms with Gasteiger partial charge in [0.25, 0.3) is 0 Å². The number of carbonyl (C=O) groups excluding carboxylic acids is 2. The highest BCUT2D eigenvalue weighted by Crippen LogP contribution is 2.14. The van der Waals surface area contributed by atoms with Crippen molar-refractivity contribution in [1.29, 1.82) is 0 Å². The average Bonchev–Trinajstić information content (AvgIpc) is 2.26. The predicted octanol–water partition coefficient (Wildman–Crippen LogP) is 3.08. The molecule has 0 fully saturated rings. The van der Waals surface area contributed by atoms with Crippen LogP contribution in [0.15, 0.2) is 24.3 Å².